The third-order valence-corrected chi connectivity index (χ3v) is 5.95. The van der Waals surface area contributed by atoms with Gasteiger partial charge in [-0.25, -0.2) is 9.97 Å². The standard InChI is InChI=1S/C21H26N6O2/c28-20-11-15(13-27-5-1-4-24-27)10-19(20)25-21-17-12-16(26-6-8-29-9-7-26)2-3-18(17)22-14-23-21/h1-5,12,14-15,19-20,28H,6-11,13H2,(H,22,23,25)/t15?,19-,20-/m1/s1. The minimum Gasteiger partial charge on any atom is -0.391 e. The summed E-state index contributed by atoms with van der Waals surface area (Å²) in [5.74, 6) is 1.17. The van der Waals surface area contributed by atoms with E-state index in [9.17, 15) is 5.11 Å². The molecule has 3 aromatic rings. The van der Waals surface area contributed by atoms with Crippen LogP contribution in [0.25, 0.3) is 10.9 Å². The number of aromatic nitrogens is 4. The van der Waals surface area contributed by atoms with Crippen molar-refractivity contribution < 1.29 is 9.84 Å². The van der Waals surface area contributed by atoms with Crippen molar-refractivity contribution in [1.29, 1.82) is 0 Å². The first-order chi connectivity index (χ1) is 14.3. The van der Waals surface area contributed by atoms with Crippen LogP contribution in [0, 0.1) is 5.92 Å². The highest BCUT2D eigenvalue weighted by atomic mass is 16.5. The largest absolute Gasteiger partial charge is 0.391 e. The number of nitrogens with zero attached hydrogens (tertiary/aromatic N) is 5. The van der Waals surface area contributed by atoms with E-state index in [2.05, 4.69) is 37.4 Å². The number of fused-ring (bicyclic) bond motifs is 1. The Morgan fingerprint density at radius 1 is 1.17 bits per heavy atom. The summed E-state index contributed by atoms with van der Waals surface area (Å²) in [4.78, 5) is 11.2. The van der Waals surface area contributed by atoms with Crippen LogP contribution in [0.5, 0.6) is 0 Å². The molecule has 1 aliphatic carbocycles. The number of morpholine rings is 1. The van der Waals surface area contributed by atoms with Gasteiger partial charge in [-0.1, -0.05) is 0 Å². The average Bonchev–Trinajstić information content (AvgIpc) is 3.38. The van der Waals surface area contributed by atoms with Gasteiger partial charge in [0.25, 0.3) is 0 Å². The van der Waals surface area contributed by atoms with Crippen LogP contribution in [-0.4, -0.2) is 63.3 Å². The van der Waals surface area contributed by atoms with E-state index < -0.39 is 6.10 Å². The lowest BCUT2D eigenvalue weighted by atomic mass is 10.1. The summed E-state index contributed by atoms with van der Waals surface area (Å²) in [6.07, 6.45) is 6.60. The van der Waals surface area contributed by atoms with Gasteiger partial charge in [0.2, 0.25) is 0 Å². The van der Waals surface area contributed by atoms with Gasteiger partial charge in [0.05, 0.1) is 30.9 Å². The normalized spacial score (nSPS) is 24.9. The quantitative estimate of drug-likeness (QED) is 0.683. The van der Waals surface area contributed by atoms with Crippen molar-refractivity contribution in [2.75, 3.05) is 36.5 Å². The number of nitrogens with one attached hydrogen (secondary N) is 1. The van der Waals surface area contributed by atoms with Gasteiger partial charge in [0.15, 0.2) is 0 Å². The van der Waals surface area contributed by atoms with Gasteiger partial charge in [-0.3, -0.25) is 4.68 Å². The first kappa shape index (κ1) is 18.3. The Morgan fingerprint density at radius 3 is 2.90 bits per heavy atom. The number of hydrogen-bond acceptors (Lipinski definition) is 7. The molecule has 0 bridgehead atoms. The molecular formula is C21H26N6O2. The molecule has 0 radical (unpaired) electrons. The monoisotopic (exact) mass is 394 g/mol. The maximum atomic E-state index is 10.6. The Bertz CT molecular complexity index is 957. The highest BCUT2D eigenvalue weighted by Crippen LogP contribution is 2.32. The summed E-state index contributed by atoms with van der Waals surface area (Å²) in [7, 11) is 0. The summed E-state index contributed by atoms with van der Waals surface area (Å²) >= 11 is 0. The molecule has 1 aromatic carbocycles. The van der Waals surface area contributed by atoms with E-state index >= 15 is 0 Å². The summed E-state index contributed by atoms with van der Waals surface area (Å²) in [6, 6.07) is 8.19. The van der Waals surface area contributed by atoms with Gasteiger partial charge in [-0.05, 0) is 43.0 Å². The molecule has 29 heavy (non-hydrogen) atoms. The molecule has 1 unspecified atom stereocenters. The predicted octanol–water partition coefficient (Wildman–Crippen LogP) is 1.91. The first-order valence-corrected chi connectivity index (χ1v) is 10.3. The van der Waals surface area contributed by atoms with E-state index in [1.165, 1.54) is 0 Å². The second-order valence-electron chi connectivity index (χ2n) is 7.91. The van der Waals surface area contributed by atoms with E-state index in [4.69, 9.17) is 4.74 Å². The topological polar surface area (TPSA) is 88.3 Å². The Kier molecular flexibility index (Phi) is 5.03. The van der Waals surface area contributed by atoms with Crippen molar-refractivity contribution in [1.82, 2.24) is 19.7 Å². The van der Waals surface area contributed by atoms with Crippen LogP contribution in [0.2, 0.25) is 0 Å². The molecule has 1 saturated carbocycles. The molecule has 3 atom stereocenters. The molecule has 1 saturated heterocycles. The van der Waals surface area contributed by atoms with Gasteiger partial charge in [-0.2, -0.15) is 5.10 Å². The Morgan fingerprint density at radius 2 is 2.07 bits per heavy atom. The molecule has 2 aromatic heterocycles. The minimum absolute atomic E-state index is 0.0271. The van der Waals surface area contributed by atoms with Gasteiger partial charge in [0, 0.05) is 43.1 Å². The smallest absolute Gasteiger partial charge is 0.137 e. The number of ether oxygens (including phenoxy) is 1. The Hall–Kier alpha value is -2.71. The molecule has 2 N–H and O–H groups in total. The lowest BCUT2D eigenvalue weighted by Gasteiger charge is -2.29. The van der Waals surface area contributed by atoms with E-state index in [1.54, 1.807) is 12.5 Å². The average molecular weight is 394 g/mol. The van der Waals surface area contributed by atoms with Crippen molar-refractivity contribution >= 4 is 22.4 Å². The Labute approximate surface area is 169 Å². The zero-order chi connectivity index (χ0) is 19.6. The fourth-order valence-corrected chi connectivity index (χ4v) is 4.45. The molecule has 2 fully saturated rings. The Balaban J connectivity index is 1.35. The van der Waals surface area contributed by atoms with Crippen LogP contribution in [0.15, 0.2) is 43.0 Å². The van der Waals surface area contributed by atoms with Crippen LogP contribution in [-0.2, 0) is 11.3 Å². The van der Waals surface area contributed by atoms with Gasteiger partial charge >= 0.3 is 0 Å². The minimum atomic E-state index is -0.400. The number of rotatable bonds is 5. The lowest BCUT2D eigenvalue weighted by Crippen LogP contribution is -2.36. The molecule has 3 heterocycles. The highest BCUT2D eigenvalue weighted by molar-refractivity contribution is 5.91. The summed E-state index contributed by atoms with van der Waals surface area (Å²) in [5, 5.41) is 19.4. The van der Waals surface area contributed by atoms with Crippen LogP contribution in [0.4, 0.5) is 11.5 Å². The number of hydrogen-bond donors (Lipinski definition) is 2. The molecular weight excluding hydrogens is 368 g/mol. The van der Waals surface area contributed by atoms with Gasteiger partial charge < -0.3 is 20.1 Å². The van der Waals surface area contributed by atoms with Crippen molar-refractivity contribution in [3.63, 3.8) is 0 Å². The van der Waals surface area contributed by atoms with Crippen molar-refractivity contribution in [2.24, 2.45) is 5.92 Å². The third-order valence-electron chi connectivity index (χ3n) is 5.95. The van der Waals surface area contributed by atoms with E-state index in [0.717, 1.165) is 68.1 Å². The molecule has 2 aliphatic rings. The second-order valence-corrected chi connectivity index (χ2v) is 7.91. The van der Waals surface area contributed by atoms with Gasteiger partial charge in [0.1, 0.15) is 12.1 Å². The maximum Gasteiger partial charge on any atom is 0.137 e. The maximum absolute atomic E-state index is 10.6. The summed E-state index contributed by atoms with van der Waals surface area (Å²) < 4.78 is 7.41. The van der Waals surface area contributed by atoms with Crippen LogP contribution in [0.1, 0.15) is 12.8 Å². The van der Waals surface area contributed by atoms with Crippen LogP contribution < -0.4 is 10.2 Å². The fourth-order valence-electron chi connectivity index (χ4n) is 4.45. The number of benzene rings is 1. The third kappa shape index (κ3) is 3.90. The summed E-state index contributed by atoms with van der Waals surface area (Å²) in [6.45, 7) is 4.10. The molecule has 0 amide bonds. The first-order valence-electron chi connectivity index (χ1n) is 10.3. The predicted molar refractivity (Wildman–Crippen MR) is 111 cm³/mol. The molecule has 1 aliphatic heterocycles. The number of aliphatic hydroxyl groups excluding tert-OH is 1. The zero-order valence-corrected chi connectivity index (χ0v) is 16.3. The highest BCUT2D eigenvalue weighted by Gasteiger charge is 2.33. The van der Waals surface area contributed by atoms with E-state index in [1.807, 2.05) is 23.0 Å². The molecule has 152 valence electrons. The zero-order valence-electron chi connectivity index (χ0n) is 16.3. The fraction of sp³-hybridized carbons (Fsp3) is 0.476. The van der Waals surface area contributed by atoms with Crippen LogP contribution >= 0.6 is 0 Å². The van der Waals surface area contributed by atoms with Crippen LogP contribution in [0.3, 0.4) is 0 Å². The summed E-state index contributed by atoms with van der Waals surface area (Å²) in [5.41, 5.74) is 2.06. The second kappa shape index (κ2) is 7.96. The molecule has 8 heteroatoms. The number of anilines is 2. The lowest BCUT2D eigenvalue weighted by molar-refractivity contribution is 0.122. The van der Waals surface area contributed by atoms with E-state index in [0.29, 0.717) is 5.92 Å². The van der Waals surface area contributed by atoms with E-state index in [-0.39, 0.29) is 6.04 Å². The van der Waals surface area contributed by atoms with Gasteiger partial charge in [-0.15, -0.1) is 0 Å². The SMILES string of the molecule is O[C@@H]1CC(Cn2cccn2)C[C@H]1Nc1ncnc2ccc(N3CCOCC3)cc12. The van der Waals surface area contributed by atoms with Crippen molar-refractivity contribution in [3.8, 4) is 0 Å². The number of aliphatic hydroxyl groups is 1. The molecule has 8 nitrogen and oxygen atoms in total. The molecule has 5 rings (SSSR count). The molecule has 0 spiro atoms. The van der Waals surface area contributed by atoms with Crippen molar-refractivity contribution in [3.05, 3.63) is 43.0 Å². The van der Waals surface area contributed by atoms with Crippen molar-refractivity contribution in [2.45, 2.75) is 31.5 Å².